The molecule has 0 bridgehead atoms. The molecule has 0 aliphatic heterocycles. The molecule has 0 saturated heterocycles. The maximum absolute atomic E-state index is 13.0. The highest BCUT2D eigenvalue weighted by Gasteiger charge is 2.20. The Hall–Kier alpha value is -3.60. The van der Waals surface area contributed by atoms with Gasteiger partial charge in [-0.25, -0.2) is 9.78 Å². The van der Waals surface area contributed by atoms with Gasteiger partial charge in [0.1, 0.15) is 5.82 Å². The average Bonchev–Trinajstić information content (AvgIpc) is 2.76. The van der Waals surface area contributed by atoms with Crippen LogP contribution in [-0.4, -0.2) is 40.5 Å². The van der Waals surface area contributed by atoms with E-state index in [1.54, 1.807) is 18.2 Å². The standard InChI is InChI=1S/C20H17BrN4O6/c1-3-17-23-15-8-7-13(21)9-14(15)20(27)24(17)22-10-12-5-4-6-16(25(28)29)19(12)31-11-18(26)30-2/h4-10H,3,11H2,1-2H3. The Balaban J connectivity index is 2.11. The highest BCUT2D eigenvalue weighted by atomic mass is 79.9. The smallest absolute Gasteiger partial charge is 0.343 e. The van der Waals surface area contributed by atoms with Gasteiger partial charge in [-0.05, 0) is 24.3 Å². The molecule has 0 fully saturated rings. The summed E-state index contributed by atoms with van der Waals surface area (Å²) in [5, 5.41) is 16.0. The lowest BCUT2D eigenvalue weighted by Crippen LogP contribution is -2.22. The minimum Gasteiger partial charge on any atom is -0.474 e. The lowest BCUT2D eigenvalue weighted by molar-refractivity contribution is -0.385. The molecule has 0 atom stereocenters. The van der Waals surface area contributed by atoms with E-state index in [4.69, 9.17) is 4.74 Å². The lowest BCUT2D eigenvalue weighted by Gasteiger charge is -2.10. The number of para-hydroxylation sites is 1. The van der Waals surface area contributed by atoms with E-state index in [9.17, 15) is 19.7 Å². The van der Waals surface area contributed by atoms with Crippen LogP contribution in [0, 0.1) is 10.1 Å². The van der Waals surface area contributed by atoms with Gasteiger partial charge >= 0.3 is 11.7 Å². The summed E-state index contributed by atoms with van der Waals surface area (Å²) < 4.78 is 11.7. The van der Waals surface area contributed by atoms with Gasteiger partial charge in [-0.2, -0.15) is 9.78 Å². The van der Waals surface area contributed by atoms with Crippen molar-refractivity contribution in [1.82, 2.24) is 9.66 Å². The van der Waals surface area contributed by atoms with E-state index in [1.807, 2.05) is 6.92 Å². The van der Waals surface area contributed by atoms with E-state index < -0.39 is 17.5 Å². The van der Waals surface area contributed by atoms with Crippen LogP contribution < -0.4 is 10.3 Å². The van der Waals surface area contributed by atoms with Gasteiger partial charge in [0.2, 0.25) is 5.75 Å². The second-order valence-electron chi connectivity index (χ2n) is 6.22. The fraction of sp³-hybridized carbons (Fsp3) is 0.200. The molecule has 0 aliphatic carbocycles. The molecule has 31 heavy (non-hydrogen) atoms. The van der Waals surface area contributed by atoms with Crippen LogP contribution in [0.15, 0.2) is 50.8 Å². The third-order valence-corrected chi connectivity index (χ3v) is 4.78. The Bertz CT molecular complexity index is 1250. The topological polar surface area (TPSA) is 126 Å². The quantitative estimate of drug-likeness (QED) is 0.216. The zero-order valence-electron chi connectivity index (χ0n) is 16.6. The first-order valence-electron chi connectivity index (χ1n) is 9.08. The van der Waals surface area contributed by atoms with Crippen molar-refractivity contribution in [3.8, 4) is 5.75 Å². The van der Waals surface area contributed by atoms with Gasteiger partial charge in [-0.15, -0.1) is 0 Å². The number of aromatic nitrogens is 2. The average molecular weight is 489 g/mol. The van der Waals surface area contributed by atoms with Crippen LogP contribution in [0.2, 0.25) is 0 Å². The monoisotopic (exact) mass is 488 g/mol. The van der Waals surface area contributed by atoms with Crippen molar-refractivity contribution >= 4 is 44.7 Å². The normalized spacial score (nSPS) is 11.1. The molecule has 0 radical (unpaired) electrons. The molecular formula is C20H17BrN4O6. The summed E-state index contributed by atoms with van der Waals surface area (Å²) in [6, 6.07) is 9.37. The molecule has 0 spiro atoms. The Morgan fingerprint density at radius 3 is 2.81 bits per heavy atom. The van der Waals surface area contributed by atoms with Gasteiger partial charge in [0.05, 0.1) is 29.2 Å². The number of nitrogens with zero attached hydrogens (tertiary/aromatic N) is 4. The highest BCUT2D eigenvalue weighted by Crippen LogP contribution is 2.30. The van der Waals surface area contributed by atoms with Crippen LogP contribution in [-0.2, 0) is 16.0 Å². The summed E-state index contributed by atoms with van der Waals surface area (Å²) >= 11 is 3.34. The van der Waals surface area contributed by atoms with Gasteiger partial charge in [-0.3, -0.25) is 14.9 Å². The summed E-state index contributed by atoms with van der Waals surface area (Å²) in [5.41, 5.74) is 0.00804. The number of hydrogen-bond donors (Lipinski definition) is 0. The fourth-order valence-corrected chi connectivity index (χ4v) is 3.16. The SMILES string of the molecule is CCc1nc2ccc(Br)cc2c(=O)n1N=Cc1cccc([N+](=O)[O-])c1OCC(=O)OC. The molecule has 11 heteroatoms. The van der Waals surface area contributed by atoms with Gasteiger partial charge in [0, 0.05) is 22.5 Å². The van der Waals surface area contributed by atoms with E-state index in [0.29, 0.717) is 23.1 Å². The summed E-state index contributed by atoms with van der Waals surface area (Å²) in [7, 11) is 1.18. The Morgan fingerprint density at radius 1 is 1.35 bits per heavy atom. The number of carbonyl (C=O) groups is 1. The van der Waals surface area contributed by atoms with Crippen molar-refractivity contribution in [2.45, 2.75) is 13.3 Å². The molecule has 0 aliphatic rings. The number of ether oxygens (including phenoxy) is 2. The van der Waals surface area contributed by atoms with Gasteiger partial charge in [0.15, 0.2) is 6.61 Å². The van der Waals surface area contributed by atoms with Crippen LogP contribution >= 0.6 is 15.9 Å². The van der Waals surface area contributed by atoms with Crippen LogP contribution in [0.3, 0.4) is 0 Å². The first-order valence-corrected chi connectivity index (χ1v) is 9.87. The number of esters is 1. The molecule has 0 N–H and O–H groups in total. The molecule has 3 aromatic rings. The molecule has 1 aromatic heterocycles. The number of aryl methyl sites for hydroxylation is 1. The summed E-state index contributed by atoms with van der Waals surface area (Å²) in [4.78, 5) is 39.6. The highest BCUT2D eigenvalue weighted by molar-refractivity contribution is 9.10. The Labute approximate surface area is 184 Å². The zero-order chi connectivity index (χ0) is 22.5. The molecule has 0 unspecified atom stereocenters. The molecule has 0 saturated carbocycles. The maximum Gasteiger partial charge on any atom is 0.343 e. The number of carbonyl (C=O) groups excluding carboxylic acids is 1. The number of hydrogen-bond acceptors (Lipinski definition) is 8. The molecule has 0 amide bonds. The minimum atomic E-state index is -0.699. The van der Waals surface area contributed by atoms with Crippen LogP contribution in [0.1, 0.15) is 18.3 Å². The van der Waals surface area contributed by atoms with Gasteiger partial charge < -0.3 is 9.47 Å². The van der Waals surface area contributed by atoms with E-state index in [-0.39, 0.29) is 22.6 Å². The number of methoxy groups -OCH3 is 1. The molecule has 2 aromatic carbocycles. The fourth-order valence-electron chi connectivity index (χ4n) is 2.80. The largest absolute Gasteiger partial charge is 0.474 e. The predicted molar refractivity (Wildman–Crippen MR) is 117 cm³/mol. The van der Waals surface area contributed by atoms with Crippen LogP contribution in [0.5, 0.6) is 5.75 Å². The first-order chi connectivity index (χ1) is 14.8. The summed E-state index contributed by atoms with van der Waals surface area (Å²) in [5.74, 6) is -0.447. The number of fused-ring (bicyclic) bond motifs is 1. The second kappa shape index (κ2) is 9.47. The van der Waals surface area contributed by atoms with E-state index in [2.05, 4.69) is 30.8 Å². The molecular weight excluding hydrogens is 472 g/mol. The van der Waals surface area contributed by atoms with Crippen molar-refractivity contribution in [2.24, 2.45) is 5.10 Å². The van der Waals surface area contributed by atoms with Crippen molar-refractivity contribution < 1.29 is 19.2 Å². The third-order valence-electron chi connectivity index (χ3n) is 4.29. The summed E-state index contributed by atoms with van der Waals surface area (Å²) in [6.07, 6.45) is 1.69. The van der Waals surface area contributed by atoms with Crippen LogP contribution in [0.4, 0.5) is 5.69 Å². The maximum atomic E-state index is 13.0. The van der Waals surface area contributed by atoms with Crippen molar-refractivity contribution in [2.75, 3.05) is 13.7 Å². The van der Waals surface area contributed by atoms with Gasteiger partial charge in [0.25, 0.3) is 5.56 Å². The third kappa shape index (κ3) is 4.77. The van der Waals surface area contributed by atoms with Gasteiger partial charge in [-0.1, -0.05) is 28.9 Å². The molecule has 10 nitrogen and oxygen atoms in total. The van der Waals surface area contributed by atoms with Crippen molar-refractivity contribution in [3.63, 3.8) is 0 Å². The number of benzene rings is 2. The van der Waals surface area contributed by atoms with E-state index in [1.165, 1.54) is 31.5 Å². The Kier molecular flexibility index (Phi) is 6.75. The zero-order valence-corrected chi connectivity index (χ0v) is 18.2. The lowest BCUT2D eigenvalue weighted by atomic mass is 10.2. The number of halogens is 1. The van der Waals surface area contributed by atoms with Crippen molar-refractivity contribution in [1.29, 1.82) is 0 Å². The summed E-state index contributed by atoms with van der Waals surface area (Å²) in [6.45, 7) is 1.31. The van der Waals surface area contributed by atoms with E-state index >= 15 is 0 Å². The number of rotatable bonds is 7. The van der Waals surface area contributed by atoms with E-state index in [0.717, 1.165) is 9.15 Å². The minimum absolute atomic E-state index is 0.163. The molecule has 3 rings (SSSR count). The predicted octanol–water partition coefficient (Wildman–Crippen LogP) is 3.06. The second-order valence-corrected chi connectivity index (χ2v) is 7.14. The molecule has 160 valence electrons. The number of nitro benzene ring substituents is 1. The van der Waals surface area contributed by atoms with Crippen molar-refractivity contribution in [3.05, 3.63) is 72.7 Å². The first kappa shape index (κ1) is 22.1. The van der Waals surface area contributed by atoms with Crippen LogP contribution in [0.25, 0.3) is 10.9 Å². The molecule has 1 heterocycles. The number of nitro groups is 1. The Morgan fingerprint density at radius 2 is 2.13 bits per heavy atom.